The van der Waals surface area contributed by atoms with E-state index in [9.17, 15) is 0 Å². The van der Waals surface area contributed by atoms with Gasteiger partial charge < -0.3 is 5.32 Å². The maximum atomic E-state index is 4.17. The van der Waals surface area contributed by atoms with Crippen molar-refractivity contribution >= 4 is 38.6 Å². The number of thiophene rings is 1. The van der Waals surface area contributed by atoms with Gasteiger partial charge in [0.1, 0.15) is 10.0 Å². The number of hydrogen-bond donors (Lipinski definition) is 1. The number of halogens is 1. The highest BCUT2D eigenvalue weighted by atomic mass is 79.9. The molecule has 6 heteroatoms. The zero-order valence-electron chi connectivity index (χ0n) is 8.16. The molecule has 0 unspecified atom stereocenters. The lowest BCUT2D eigenvalue weighted by atomic mass is 10.4. The molecule has 2 rings (SSSR count). The molecule has 0 atom stereocenters. The number of hydrogen-bond acceptors (Lipinski definition) is 5. The van der Waals surface area contributed by atoms with Crippen LogP contribution in [0.25, 0.3) is 10.6 Å². The molecule has 1 N–H and O–H groups in total. The van der Waals surface area contributed by atoms with E-state index in [0.717, 1.165) is 32.5 Å². The van der Waals surface area contributed by atoms with Crippen LogP contribution in [0.1, 0.15) is 11.9 Å². The topological polar surface area (TPSA) is 37.8 Å². The van der Waals surface area contributed by atoms with Gasteiger partial charge in [-0.25, -0.2) is 0 Å². The minimum Gasteiger partial charge on any atom is -0.311 e. The fourth-order valence-corrected chi connectivity index (χ4v) is 3.11. The van der Waals surface area contributed by atoms with Crippen LogP contribution in [-0.2, 0) is 6.54 Å². The predicted octanol–water partition coefficient (Wildman–Crippen LogP) is 3.14. The molecule has 0 aliphatic heterocycles. The van der Waals surface area contributed by atoms with Crippen molar-refractivity contribution in [3.05, 3.63) is 20.2 Å². The van der Waals surface area contributed by atoms with Gasteiger partial charge in [-0.1, -0.05) is 18.3 Å². The van der Waals surface area contributed by atoms with E-state index >= 15 is 0 Å². The van der Waals surface area contributed by atoms with Crippen molar-refractivity contribution in [1.82, 2.24) is 15.5 Å². The average molecular weight is 304 g/mol. The lowest BCUT2D eigenvalue weighted by Crippen LogP contribution is -2.11. The van der Waals surface area contributed by atoms with E-state index in [-0.39, 0.29) is 0 Å². The molecule has 2 heterocycles. The summed E-state index contributed by atoms with van der Waals surface area (Å²) in [5.74, 6) is 0. The number of nitrogens with one attached hydrogen (secondary N) is 1. The smallest absolute Gasteiger partial charge is 0.148 e. The zero-order chi connectivity index (χ0) is 10.7. The Morgan fingerprint density at radius 2 is 2.33 bits per heavy atom. The largest absolute Gasteiger partial charge is 0.311 e. The fraction of sp³-hybridized carbons (Fsp3) is 0.333. The summed E-state index contributed by atoms with van der Waals surface area (Å²) >= 11 is 6.75. The standard InChI is InChI=1S/C9H10BrN3S2/c1-2-11-4-8-12-13-9(15-8)6-3-7(10)14-5-6/h3,5,11H,2,4H2,1H3. The molecule has 0 bridgehead atoms. The van der Waals surface area contributed by atoms with Gasteiger partial charge in [-0.3, -0.25) is 0 Å². The molecule has 0 amide bonds. The van der Waals surface area contributed by atoms with Crippen molar-refractivity contribution in [3.8, 4) is 10.6 Å². The van der Waals surface area contributed by atoms with E-state index in [0.29, 0.717) is 0 Å². The first-order chi connectivity index (χ1) is 7.29. The number of aromatic nitrogens is 2. The third kappa shape index (κ3) is 2.84. The highest BCUT2D eigenvalue weighted by molar-refractivity contribution is 9.11. The monoisotopic (exact) mass is 303 g/mol. The van der Waals surface area contributed by atoms with E-state index < -0.39 is 0 Å². The second-order valence-electron chi connectivity index (χ2n) is 2.92. The van der Waals surface area contributed by atoms with Crippen LogP contribution in [0.5, 0.6) is 0 Å². The Hall–Kier alpha value is -0.300. The Bertz CT molecular complexity index is 438. The summed E-state index contributed by atoms with van der Waals surface area (Å²) in [5, 5.41) is 15.6. The van der Waals surface area contributed by atoms with Crippen LogP contribution in [0.3, 0.4) is 0 Å². The molecule has 0 aliphatic rings. The summed E-state index contributed by atoms with van der Waals surface area (Å²) in [6.07, 6.45) is 0. The summed E-state index contributed by atoms with van der Waals surface area (Å²) in [6, 6.07) is 2.07. The van der Waals surface area contributed by atoms with Crippen molar-refractivity contribution in [2.45, 2.75) is 13.5 Å². The van der Waals surface area contributed by atoms with Gasteiger partial charge in [-0.05, 0) is 28.5 Å². The van der Waals surface area contributed by atoms with Crippen molar-refractivity contribution in [3.63, 3.8) is 0 Å². The molecular formula is C9H10BrN3S2. The van der Waals surface area contributed by atoms with Gasteiger partial charge in [0.25, 0.3) is 0 Å². The van der Waals surface area contributed by atoms with Crippen LogP contribution in [-0.4, -0.2) is 16.7 Å². The Morgan fingerprint density at radius 3 is 3.00 bits per heavy atom. The molecule has 0 radical (unpaired) electrons. The van der Waals surface area contributed by atoms with Crippen LogP contribution >= 0.6 is 38.6 Å². The van der Waals surface area contributed by atoms with Gasteiger partial charge in [0.05, 0.1) is 3.79 Å². The summed E-state index contributed by atoms with van der Waals surface area (Å²) in [7, 11) is 0. The Labute approximate surface area is 105 Å². The highest BCUT2D eigenvalue weighted by Crippen LogP contribution is 2.30. The minimum atomic E-state index is 0.805. The summed E-state index contributed by atoms with van der Waals surface area (Å²) in [6.45, 7) is 3.84. The second kappa shape index (κ2) is 5.16. The molecule has 15 heavy (non-hydrogen) atoms. The van der Waals surface area contributed by atoms with Crippen LogP contribution in [0.2, 0.25) is 0 Å². The van der Waals surface area contributed by atoms with Gasteiger partial charge in [0.2, 0.25) is 0 Å². The van der Waals surface area contributed by atoms with Crippen molar-refractivity contribution in [1.29, 1.82) is 0 Å². The van der Waals surface area contributed by atoms with Gasteiger partial charge >= 0.3 is 0 Å². The summed E-state index contributed by atoms with van der Waals surface area (Å²) in [5.41, 5.74) is 1.15. The second-order valence-corrected chi connectivity index (χ2v) is 6.27. The first-order valence-corrected chi connectivity index (χ1v) is 7.06. The maximum Gasteiger partial charge on any atom is 0.148 e. The molecule has 0 fully saturated rings. The third-order valence-corrected chi connectivity index (χ3v) is 4.28. The quantitative estimate of drug-likeness (QED) is 0.943. The lowest BCUT2D eigenvalue weighted by Gasteiger charge is -1.93. The molecule has 80 valence electrons. The summed E-state index contributed by atoms with van der Waals surface area (Å²) < 4.78 is 1.13. The van der Waals surface area contributed by atoms with Crippen LogP contribution in [0.15, 0.2) is 15.2 Å². The maximum absolute atomic E-state index is 4.17. The van der Waals surface area contributed by atoms with E-state index in [1.54, 1.807) is 22.7 Å². The SMILES string of the molecule is CCNCc1nnc(-c2csc(Br)c2)s1. The molecule has 0 aliphatic carbocycles. The first-order valence-electron chi connectivity index (χ1n) is 4.57. The number of rotatable bonds is 4. The molecule has 2 aromatic heterocycles. The van der Waals surface area contributed by atoms with Gasteiger partial charge in [-0.2, -0.15) is 0 Å². The molecule has 0 saturated heterocycles. The molecule has 0 spiro atoms. The first kappa shape index (κ1) is 11.2. The minimum absolute atomic E-state index is 0.805. The normalized spacial score (nSPS) is 10.8. The van der Waals surface area contributed by atoms with Gasteiger partial charge in [0.15, 0.2) is 0 Å². The van der Waals surface area contributed by atoms with Crippen molar-refractivity contribution in [2.24, 2.45) is 0 Å². The highest BCUT2D eigenvalue weighted by Gasteiger charge is 2.07. The van der Waals surface area contributed by atoms with E-state index in [2.05, 4.69) is 49.8 Å². The zero-order valence-corrected chi connectivity index (χ0v) is 11.4. The van der Waals surface area contributed by atoms with Crippen LogP contribution < -0.4 is 5.32 Å². The van der Waals surface area contributed by atoms with Crippen LogP contribution in [0, 0.1) is 0 Å². The molecule has 2 aromatic rings. The predicted molar refractivity (Wildman–Crippen MR) is 68.3 cm³/mol. The Kier molecular flexibility index (Phi) is 3.85. The van der Waals surface area contributed by atoms with Crippen LogP contribution in [0.4, 0.5) is 0 Å². The summed E-state index contributed by atoms with van der Waals surface area (Å²) in [4.78, 5) is 0. The Morgan fingerprint density at radius 1 is 1.47 bits per heavy atom. The van der Waals surface area contributed by atoms with Crippen molar-refractivity contribution in [2.75, 3.05) is 6.54 Å². The number of nitrogens with zero attached hydrogens (tertiary/aromatic N) is 2. The van der Waals surface area contributed by atoms with Gasteiger partial charge in [-0.15, -0.1) is 21.5 Å². The molecular weight excluding hydrogens is 294 g/mol. The molecule has 0 aromatic carbocycles. The van der Waals surface area contributed by atoms with Gasteiger partial charge in [0, 0.05) is 17.5 Å². The molecule has 0 saturated carbocycles. The Balaban J connectivity index is 2.13. The van der Waals surface area contributed by atoms with E-state index in [1.165, 1.54) is 0 Å². The van der Waals surface area contributed by atoms with E-state index in [1.807, 2.05) is 0 Å². The lowest BCUT2D eigenvalue weighted by molar-refractivity contribution is 0.715. The average Bonchev–Trinajstić information content (AvgIpc) is 2.83. The van der Waals surface area contributed by atoms with E-state index in [4.69, 9.17) is 0 Å². The fourth-order valence-electron chi connectivity index (χ4n) is 1.10. The third-order valence-electron chi connectivity index (χ3n) is 1.81. The van der Waals surface area contributed by atoms with Crippen molar-refractivity contribution < 1.29 is 0 Å². The molecule has 3 nitrogen and oxygen atoms in total.